The number of hydrogen-bond acceptors (Lipinski definition) is 5. The molecule has 0 aliphatic carbocycles. The van der Waals surface area contributed by atoms with E-state index >= 15 is 0 Å². The Hall–Kier alpha value is -1.99. The van der Waals surface area contributed by atoms with Crippen LogP contribution in [0.3, 0.4) is 0 Å². The van der Waals surface area contributed by atoms with E-state index in [0.29, 0.717) is 12.2 Å². The molecular formula is C12H17N3O4. The molecule has 0 heterocycles. The fourth-order valence-electron chi connectivity index (χ4n) is 1.57. The highest BCUT2D eigenvalue weighted by atomic mass is 16.6. The summed E-state index contributed by atoms with van der Waals surface area (Å²) in [4.78, 5) is 21.8. The average molecular weight is 267 g/mol. The molecule has 1 unspecified atom stereocenters. The molecule has 0 saturated heterocycles. The predicted molar refractivity (Wildman–Crippen MR) is 70.9 cm³/mol. The van der Waals surface area contributed by atoms with Gasteiger partial charge in [0.2, 0.25) is 5.91 Å². The number of amides is 1. The van der Waals surface area contributed by atoms with Crippen molar-refractivity contribution in [2.45, 2.75) is 19.4 Å². The molecule has 1 amide bonds. The van der Waals surface area contributed by atoms with Crippen molar-refractivity contribution in [3.8, 4) is 0 Å². The molecule has 7 heteroatoms. The van der Waals surface area contributed by atoms with E-state index in [1.165, 1.54) is 18.2 Å². The van der Waals surface area contributed by atoms with Crippen molar-refractivity contribution in [1.29, 1.82) is 0 Å². The van der Waals surface area contributed by atoms with Gasteiger partial charge in [0.25, 0.3) is 5.69 Å². The van der Waals surface area contributed by atoms with E-state index in [0.717, 1.165) is 0 Å². The molecule has 7 nitrogen and oxygen atoms in total. The van der Waals surface area contributed by atoms with E-state index < -0.39 is 4.92 Å². The largest absolute Gasteiger partial charge is 0.395 e. The van der Waals surface area contributed by atoms with Crippen LogP contribution in [0.25, 0.3) is 0 Å². The normalized spacial score (nSPS) is 11.9. The minimum absolute atomic E-state index is 0.0108. The van der Waals surface area contributed by atoms with Crippen molar-refractivity contribution in [2.75, 3.05) is 18.5 Å². The van der Waals surface area contributed by atoms with Crippen LogP contribution in [0.5, 0.6) is 0 Å². The second-order valence-electron chi connectivity index (χ2n) is 4.14. The summed E-state index contributed by atoms with van der Waals surface area (Å²) < 4.78 is 0. The van der Waals surface area contributed by atoms with Crippen LogP contribution in [0.2, 0.25) is 0 Å². The Balaban J connectivity index is 2.52. The molecule has 0 radical (unpaired) electrons. The maximum atomic E-state index is 11.7. The molecule has 0 aliphatic heterocycles. The number of nitro groups is 1. The lowest BCUT2D eigenvalue weighted by Gasteiger charge is -2.12. The number of aliphatic hydroxyl groups excluding tert-OH is 1. The number of nitrogens with zero attached hydrogens (tertiary/aromatic N) is 1. The molecule has 0 spiro atoms. The molecule has 0 saturated carbocycles. The van der Waals surface area contributed by atoms with Gasteiger partial charge in [0.1, 0.15) is 0 Å². The van der Waals surface area contributed by atoms with Crippen LogP contribution in [0.1, 0.15) is 13.3 Å². The van der Waals surface area contributed by atoms with Crippen molar-refractivity contribution in [3.63, 3.8) is 0 Å². The van der Waals surface area contributed by atoms with Crippen molar-refractivity contribution < 1.29 is 14.8 Å². The van der Waals surface area contributed by atoms with Crippen LogP contribution in [-0.2, 0) is 4.79 Å². The quantitative estimate of drug-likeness (QED) is 0.503. The summed E-state index contributed by atoms with van der Waals surface area (Å²) in [7, 11) is 0. The summed E-state index contributed by atoms with van der Waals surface area (Å²) >= 11 is 0. The van der Waals surface area contributed by atoms with Crippen molar-refractivity contribution in [2.24, 2.45) is 0 Å². The topological polar surface area (TPSA) is 104 Å². The second-order valence-corrected chi connectivity index (χ2v) is 4.14. The van der Waals surface area contributed by atoms with Crippen LogP contribution in [0.4, 0.5) is 11.4 Å². The van der Waals surface area contributed by atoms with E-state index in [2.05, 4.69) is 10.6 Å². The van der Waals surface area contributed by atoms with Crippen LogP contribution in [0, 0.1) is 10.1 Å². The van der Waals surface area contributed by atoms with Gasteiger partial charge < -0.3 is 15.7 Å². The number of rotatable bonds is 7. The van der Waals surface area contributed by atoms with Gasteiger partial charge in [-0.3, -0.25) is 14.9 Å². The van der Waals surface area contributed by atoms with E-state index in [4.69, 9.17) is 5.11 Å². The summed E-state index contributed by atoms with van der Waals surface area (Å²) in [5.41, 5.74) is 0.331. The Bertz CT molecular complexity index is 450. The third-order valence-corrected chi connectivity index (χ3v) is 2.44. The highest BCUT2D eigenvalue weighted by molar-refractivity contribution is 5.91. The molecule has 0 aromatic heterocycles. The monoisotopic (exact) mass is 267 g/mol. The Morgan fingerprint density at radius 1 is 1.53 bits per heavy atom. The minimum atomic E-state index is -0.513. The number of carbonyl (C=O) groups is 1. The molecule has 19 heavy (non-hydrogen) atoms. The van der Waals surface area contributed by atoms with E-state index in [-0.39, 0.29) is 30.7 Å². The third kappa shape index (κ3) is 5.45. The molecule has 1 rings (SSSR count). The first-order chi connectivity index (χ1) is 9.02. The lowest BCUT2D eigenvalue weighted by atomic mass is 10.2. The maximum absolute atomic E-state index is 11.7. The van der Waals surface area contributed by atoms with Gasteiger partial charge >= 0.3 is 0 Å². The van der Waals surface area contributed by atoms with Gasteiger partial charge in [0.15, 0.2) is 0 Å². The van der Waals surface area contributed by atoms with Crippen molar-refractivity contribution in [3.05, 3.63) is 34.4 Å². The first-order valence-electron chi connectivity index (χ1n) is 5.91. The molecule has 104 valence electrons. The molecule has 0 fully saturated rings. The third-order valence-electron chi connectivity index (χ3n) is 2.44. The number of anilines is 1. The van der Waals surface area contributed by atoms with Gasteiger partial charge in [0.05, 0.1) is 11.5 Å². The van der Waals surface area contributed by atoms with E-state index in [1.54, 1.807) is 6.07 Å². The number of nitrogens with one attached hydrogen (secondary N) is 2. The Labute approximate surface area is 110 Å². The summed E-state index contributed by atoms with van der Waals surface area (Å²) in [5.74, 6) is -0.238. The zero-order valence-corrected chi connectivity index (χ0v) is 10.6. The smallest absolute Gasteiger partial charge is 0.271 e. The zero-order chi connectivity index (χ0) is 14.3. The number of nitro benzene ring substituents is 1. The molecular weight excluding hydrogens is 250 g/mol. The molecule has 1 aromatic carbocycles. The maximum Gasteiger partial charge on any atom is 0.271 e. The van der Waals surface area contributed by atoms with Crippen LogP contribution < -0.4 is 10.6 Å². The minimum Gasteiger partial charge on any atom is -0.395 e. The highest BCUT2D eigenvalue weighted by Gasteiger charge is 2.10. The molecule has 1 atom stereocenters. The second kappa shape index (κ2) is 7.45. The number of benzene rings is 1. The lowest BCUT2D eigenvalue weighted by molar-refractivity contribution is -0.384. The van der Waals surface area contributed by atoms with Gasteiger partial charge in [-0.2, -0.15) is 0 Å². The van der Waals surface area contributed by atoms with E-state index in [1.807, 2.05) is 6.92 Å². The Morgan fingerprint density at radius 2 is 2.26 bits per heavy atom. The number of carbonyl (C=O) groups excluding carboxylic acids is 1. The fraction of sp³-hybridized carbons (Fsp3) is 0.417. The fourth-order valence-corrected chi connectivity index (χ4v) is 1.57. The van der Waals surface area contributed by atoms with Crippen molar-refractivity contribution in [1.82, 2.24) is 5.32 Å². The van der Waals surface area contributed by atoms with Crippen molar-refractivity contribution >= 4 is 17.3 Å². The van der Waals surface area contributed by atoms with Crippen LogP contribution in [0.15, 0.2) is 24.3 Å². The van der Waals surface area contributed by atoms with Gasteiger partial charge in [-0.05, 0) is 13.0 Å². The highest BCUT2D eigenvalue weighted by Crippen LogP contribution is 2.17. The Morgan fingerprint density at radius 3 is 2.89 bits per heavy atom. The SMILES string of the molecule is CC(CC(=O)Nc1cccc([N+](=O)[O-])c1)NCCO. The van der Waals surface area contributed by atoms with Crippen LogP contribution in [-0.4, -0.2) is 35.1 Å². The summed E-state index contributed by atoms with van der Waals surface area (Å²) in [5, 5.41) is 24.8. The Kier molecular flexibility index (Phi) is 5.91. The molecule has 3 N–H and O–H groups in total. The van der Waals surface area contributed by atoms with Gasteiger partial charge in [0, 0.05) is 36.8 Å². The lowest BCUT2D eigenvalue weighted by Crippen LogP contribution is -2.32. The standard InChI is InChI=1S/C12H17N3O4/c1-9(13-5-6-16)7-12(17)14-10-3-2-4-11(8-10)15(18)19/h2-4,8-9,13,16H,5-7H2,1H3,(H,14,17). The molecule has 1 aromatic rings. The van der Waals surface area contributed by atoms with E-state index in [9.17, 15) is 14.9 Å². The van der Waals surface area contributed by atoms with Gasteiger partial charge in [-0.15, -0.1) is 0 Å². The number of non-ortho nitro benzene ring substituents is 1. The van der Waals surface area contributed by atoms with Gasteiger partial charge in [-0.1, -0.05) is 6.07 Å². The first-order valence-corrected chi connectivity index (χ1v) is 5.91. The molecule has 0 bridgehead atoms. The average Bonchev–Trinajstić information content (AvgIpc) is 2.36. The number of hydrogen-bond donors (Lipinski definition) is 3. The number of aliphatic hydroxyl groups is 1. The van der Waals surface area contributed by atoms with Gasteiger partial charge in [-0.25, -0.2) is 0 Å². The first kappa shape index (κ1) is 15.1. The predicted octanol–water partition coefficient (Wildman–Crippen LogP) is 0.894. The molecule has 0 aliphatic rings. The summed E-state index contributed by atoms with van der Waals surface area (Å²) in [6.45, 7) is 2.25. The van der Waals surface area contributed by atoms with Crippen LogP contribution >= 0.6 is 0 Å². The summed E-state index contributed by atoms with van der Waals surface area (Å²) in [6.07, 6.45) is 0.225. The summed E-state index contributed by atoms with van der Waals surface area (Å²) in [6, 6.07) is 5.70. The zero-order valence-electron chi connectivity index (χ0n) is 10.6.